The average molecular weight is 397 g/mol. The zero-order valence-corrected chi connectivity index (χ0v) is 14.8. The maximum absolute atomic E-state index is 11.5. The van der Waals surface area contributed by atoms with Crippen molar-refractivity contribution in [3.05, 3.63) is 53.6 Å². The number of nitrogens with zero attached hydrogens (tertiary/aromatic N) is 1. The average Bonchev–Trinajstić information content (AvgIpc) is 2.52. The Labute approximate surface area is 149 Å². The fourth-order valence-corrected chi connectivity index (χ4v) is 3.53. The van der Waals surface area contributed by atoms with Crippen molar-refractivity contribution in [2.45, 2.75) is 9.79 Å². The first-order valence-corrected chi connectivity index (χ1v) is 9.86. The maximum atomic E-state index is 11.5. The third kappa shape index (κ3) is 4.89. The number of aliphatic imine (C=N–C) groups is 1. The summed E-state index contributed by atoms with van der Waals surface area (Å²) in [5.41, 5.74) is 0.418. The SMILES string of the molecule is O=S(=O)(O)c1ccccc1C=Cc1ccc(N=C=S)cc1S(=O)(=O)O. The molecule has 0 aromatic heterocycles. The number of thiocarbonyl (C=S) groups is 1. The summed E-state index contributed by atoms with van der Waals surface area (Å²) in [4.78, 5) is 2.88. The molecule has 7 nitrogen and oxygen atoms in total. The van der Waals surface area contributed by atoms with Gasteiger partial charge in [-0.05, 0) is 41.5 Å². The Bertz CT molecular complexity index is 1100. The summed E-state index contributed by atoms with van der Waals surface area (Å²) in [5, 5.41) is 2.08. The topological polar surface area (TPSA) is 121 Å². The molecule has 130 valence electrons. The summed E-state index contributed by atoms with van der Waals surface area (Å²) < 4.78 is 64.4. The molecule has 0 bridgehead atoms. The molecule has 0 radical (unpaired) electrons. The lowest BCUT2D eigenvalue weighted by molar-refractivity contribution is 0.480. The lowest BCUT2D eigenvalue weighted by Gasteiger charge is -2.05. The lowest BCUT2D eigenvalue weighted by Crippen LogP contribution is -2.01. The van der Waals surface area contributed by atoms with Crippen LogP contribution in [-0.4, -0.2) is 31.1 Å². The molecular formula is C15H11NO6S3. The van der Waals surface area contributed by atoms with Crippen LogP contribution in [0.4, 0.5) is 5.69 Å². The molecule has 0 aliphatic carbocycles. The van der Waals surface area contributed by atoms with Crippen molar-refractivity contribution in [3.8, 4) is 0 Å². The summed E-state index contributed by atoms with van der Waals surface area (Å²) in [5.74, 6) is 0. The fourth-order valence-electron chi connectivity index (χ4n) is 2.04. The summed E-state index contributed by atoms with van der Waals surface area (Å²) in [7, 11) is -9.00. The number of isothiocyanates is 1. The Morgan fingerprint density at radius 1 is 0.880 bits per heavy atom. The fraction of sp³-hybridized carbons (Fsp3) is 0. The minimum absolute atomic E-state index is 0.0935. The van der Waals surface area contributed by atoms with Gasteiger partial charge in [0, 0.05) is 0 Å². The number of benzene rings is 2. The van der Waals surface area contributed by atoms with Crippen LogP contribution in [0.5, 0.6) is 0 Å². The second kappa shape index (κ2) is 7.36. The van der Waals surface area contributed by atoms with E-state index in [0.29, 0.717) is 0 Å². The van der Waals surface area contributed by atoms with Crippen LogP contribution >= 0.6 is 12.2 Å². The summed E-state index contributed by atoms with van der Waals surface area (Å²) in [6.45, 7) is 0. The molecule has 25 heavy (non-hydrogen) atoms. The van der Waals surface area contributed by atoms with Crippen LogP contribution in [0.25, 0.3) is 12.2 Å². The van der Waals surface area contributed by atoms with Gasteiger partial charge in [-0.3, -0.25) is 9.11 Å². The van der Waals surface area contributed by atoms with Gasteiger partial charge in [-0.25, -0.2) is 0 Å². The minimum Gasteiger partial charge on any atom is -0.282 e. The lowest BCUT2D eigenvalue weighted by atomic mass is 10.1. The van der Waals surface area contributed by atoms with Crippen molar-refractivity contribution < 1.29 is 25.9 Å². The normalized spacial score (nSPS) is 12.1. The monoisotopic (exact) mass is 397 g/mol. The van der Waals surface area contributed by atoms with Gasteiger partial charge >= 0.3 is 0 Å². The second-order valence-electron chi connectivity index (χ2n) is 4.75. The highest BCUT2D eigenvalue weighted by atomic mass is 32.2. The minimum atomic E-state index is -4.56. The molecule has 0 heterocycles. The van der Waals surface area contributed by atoms with Gasteiger partial charge in [-0.15, -0.1) is 0 Å². The van der Waals surface area contributed by atoms with Crippen LogP contribution in [0.3, 0.4) is 0 Å². The molecule has 0 saturated carbocycles. The third-order valence-corrected chi connectivity index (χ3v) is 5.02. The second-order valence-corrected chi connectivity index (χ2v) is 7.71. The molecule has 0 aliphatic rings. The van der Waals surface area contributed by atoms with E-state index in [0.717, 1.165) is 6.07 Å². The van der Waals surface area contributed by atoms with Crippen LogP contribution in [0, 0.1) is 0 Å². The molecule has 10 heteroatoms. The van der Waals surface area contributed by atoms with Crippen molar-refractivity contribution in [2.75, 3.05) is 0 Å². The molecule has 2 aromatic rings. The van der Waals surface area contributed by atoms with Gasteiger partial charge in [0.25, 0.3) is 20.2 Å². The van der Waals surface area contributed by atoms with Crippen molar-refractivity contribution in [2.24, 2.45) is 4.99 Å². The van der Waals surface area contributed by atoms with E-state index in [2.05, 4.69) is 22.4 Å². The van der Waals surface area contributed by atoms with Crippen LogP contribution in [-0.2, 0) is 20.2 Å². The molecular weight excluding hydrogens is 386 g/mol. The third-order valence-electron chi connectivity index (χ3n) is 3.09. The molecule has 0 fully saturated rings. The maximum Gasteiger partial charge on any atom is 0.295 e. The number of rotatable bonds is 5. The highest BCUT2D eigenvalue weighted by Gasteiger charge is 2.16. The largest absolute Gasteiger partial charge is 0.295 e. The van der Waals surface area contributed by atoms with Gasteiger partial charge in [-0.1, -0.05) is 36.4 Å². The predicted molar refractivity (Wildman–Crippen MR) is 96.1 cm³/mol. The Morgan fingerprint density at radius 2 is 1.44 bits per heavy atom. The molecule has 2 rings (SSSR count). The highest BCUT2D eigenvalue weighted by Crippen LogP contribution is 2.25. The molecule has 0 spiro atoms. The Hall–Kier alpha value is -2.20. The molecule has 0 saturated heterocycles. The van der Waals surface area contributed by atoms with Crippen LogP contribution < -0.4 is 0 Å². The first-order chi connectivity index (χ1) is 11.6. The van der Waals surface area contributed by atoms with Crippen molar-refractivity contribution in [1.82, 2.24) is 0 Å². The molecule has 2 N–H and O–H groups in total. The van der Waals surface area contributed by atoms with E-state index >= 15 is 0 Å². The first kappa shape index (κ1) is 19.1. The summed E-state index contributed by atoms with van der Waals surface area (Å²) in [6, 6.07) is 9.53. The van der Waals surface area contributed by atoms with E-state index in [-0.39, 0.29) is 21.7 Å². The zero-order chi connectivity index (χ0) is 18.7. The molecule has 0 unspecified atom stereocenters. The predicted octanol–water partition coefficient (Wildman–Crippen LogP) is 3.08. The molecule has 0 aliphatic heterocycles. The quantitative estimate of drug-likeness (QED) is 0.344. The van der Waals surface area contributed by atoms with Crippen LogP contribution in [0.2, 0.25) is 0 Å². The van der Waals surface area contributed by atoms with E-state index in [1.165, 1.54) is 42.5 Å². The van der Waals surface area contributed by atoms with E-state index in [1.807, 2.05) is 0 Å². The van der Waals surface area contributed by atoms with E-state index in [4.69, 9.17) is 0 Å². The standard InChI is InChI=1S/C15H11NO6S3/c17-24(18,19)14-4-2-1-3-11(14)5-6-12-7-8-13(16-10-23)9-15(12)25(20,21)22/h1-9H,(H,17,18,19)(H,20,21,22). The Balaban J connectivity index is 2.59. The smallest absolute Gasteiger partial charge is 0.282 e. The first-order valence-electron chi connectivity index (χ1n) is 6.57. The summed E-state index contributed by atoms with van der Waals surface area (Å²) in [6.07, 6.45) is 2.59. The highest BCUT2D eigenvalue weighted by molar-refractivity contribution is 7.86. The molecule has 0 amide bonds. The van der Waals surface area contributed by atoms with Gasteiger partial charge in [0.1, 0.15) is 9.79 Å². The Kier molecular flexibility index (Phi) is 5.63. The van der Waals surface area contributed by atoms with Gasteiger partial charge in [0.15, 0.2) is 0 Å². The van der Waals surface area contributed by atoms with E-state index in [1.54, 1.807) is 6.07 Å². The number of hydrogen-bond acceptors (Lipinski definition) is 6. The van der Waals surface area contributed by atoms with Gasteiger partial charge in [0.2, 0.25) is 0 Å². The van der Waals surface area contributed by atoms with Gasteiger partial charge in [-0.2, -0.15) is 21.8 Å². The Morgan fingerprint density at radius 3 is 2.00 bits per heavy atom. The molecule has 2 aromatic carbocycles. The molecule has 0 atom stereocenters. The van der Waals surface area contributed by atoms with Gasteiger partial charge in [0.05, 0.1) is 10.8 Å². The van der Waals surface area contributed by atoms with Crippen molar-refractivity contribution >= 4 is 55.5 Å². The van der Waals surface area contributed by atoms with Crippen molar-refractivity contribution in [3.63, 3.8) is 0 Å². The van der Waals surface area contributed by atoms with E-state index < -0.39 is 25.1 Å². The summed E-state index contributed by atoms with van der Waals surface area (Å²) >= 11 is 4.44. The zero-order valence-electron chi connectivity index (χ0n) is 12.4. The number of hydrogen-bond donors (Lipinski definition) is 2. The van der Waals surface area contributed by atoms with E-state index in [9.17, 15) is 25.9 Å². The van der Waals surface area contributed by atoms with Crippen LogP contribution in [0.1, 0.15) is 11.1 Å². The van der Waals surface area contributed by atoms with Crippen molar-refractivity contribution in [1.29, 1.82) is 0 Å². The van der Waals surface area contributed by atoms with Crippen LogP contribution in [0.15, 0.2) is 57.2 Å². The van der Waals surface area contributed by atoms with Gasteiger partial charge < -0.3 is 0 Å².